The number of hydrogen-bond acceptors (Lipinski definition) is 7. The van der Waals surface area contributed by atoms with Crippen molar-refractivity contribution in [3.05, 3.63) is 36.4 Å². The number of nitrogens with one attached hydrogen (secondary N) is 1. The number of aromatic nitrogens is 2. The minimum atomic E-state index is -0.759. The van der Waals surface area contributed by atoms with Gasteiger partial charge in [-0.05, 0) is 37.0 Å². The Balaban J connectivity index is 1.37. The van der Waals surface area contributed by atoms with Crippen LogP contribution in [0.15, 0.2) is 35.0 Å². The van der Waals surface area contributed by atoms with Crippen LogP contribution in [-0.2, 0) is 14.3 Å². The summed E-state index contributed by atoms with van der Waals surface area (Å²) in [4.78, 5) is 40.7. The number of ether oxygens (including phenoxy) is 1. The van der Waals surface area contributed by atoms with E-state index in [4.69, 9.17) is 20.8 Å². The highest BCUT2D eigenvalue weighted by Gasteiger charge is 2.53. The zero-order valence-electron chi connectivity index (χ0n) is 18.0. The molecule has 2 saturated heterocycles. The Morgan fingerprint density at radius 2 is 1.97 bits per heavy atom. The highest BCUT2D eigenvalue weighted by molar-refractivity contribution is 6.22. The minimum Gasteiger partial charge on any atom is -0.451 e. The summed E-state index contributed by atoms with van der Waals surface area (Å²) < 4.78 is 11.2. The van der Waals surface area contributed by atoms with Crippen LogP contribution < -0.4 is 5.32 Å². The van der Waals surface area contributed by atoms with Crippen LogP contribution in [0.3, 0.4) is 0 Å². The molecule has 2 aromatic heterocycles. The molecule has 2 aliphatic heterocycles. The van der Waals surface area contributed by atoms with Gasteiger partial charge in [0, 0.05) is 12.1 Å². The van der Waals surface area contributed by atoms with E-state index >= 15 is 0 Å². The maximum atomic E-state index is 13.7. The van der Waals surface area contributed by atoms with Crippen molar-refractivity contribution in [3.63, 3.8) is 0 Å². The summed E-state index contributed by atoms with van der Waals surface area (Å²) in [6.45, 7) is 0.183. The fourth-order valence-electron chi connectivity index (χ4n) is 5.12. The molecule has 10 heteroatoms. The molecule has 0 radical (unpaired) electrons. The van der Waals surface area contributed by atoms with Crippen molar-refractivity contribution in [2.75, 3.05) is 13.2 Å². The van der Waals surface area contributed by atoms with Gasteiger partial charge in [0.1, 0.15) is 30.6 Å². The fraction of sp³-hybridized carbons (Fsp3) is 0.522. The molecule has 1 N–H and O–H groups in total. The van der Waals surface area contributed by atoms with Crippen LogP contribution in [0.2, 0.25) is 0 Å². The SMILES string of the molecule is O=C(N[C@H](C(=O)N1C[C@H](Cl)[C@H]2OCC(=O)[C@H]21)C1CCCCC1)c1ccc(-c2ccnnc2)o1. The smallest absolute Gasteiger partial charge is 0.287 e. The largest absolute Gasteiger partial charge is 0.451 e. The van der Waals surface area contributed by atoms with Crippen molar-refractivity contribution < 1.29 is 23.5 Å². The van der Waals surface area contributed by atoms with E-state index in [0.29, 0.717) is 11.3 Å². The standard InChI is InChI=1S/C23H25ClN4O5/c24-15-11-28(20-16(29)12-32-21(15)20)23(31)19(13-4-2-1-3-5-13)27-22(30)18-7-6-17(33-18)14-8-9-25-26-10-14/h6-10,13,15,19-21H,1-5,11-12H2,(H,27,30)/t15-,19-,20+,21+/m0/s1. The van der Waals surface area contributed by atoms with Gasteiger partial charge < -0.3 is 19.4 Å². The van der Waals surface area contributed by atoms with E-state index < -0.39 is 29.5 Å². The highest BCUT2D eigenvalue weighted by Crippen LogP contribution is 2.34. The molecule has 5 rings (SSSR count). The quantitative estimate of drug-likeness (QED) is 0.663. The average Bonchev–Trinajstić information content (AvgIpc) is 3.56. The van der Waals surface area contributed by atoms with Gasteiger partial charge >= 0.3 is 0 Å². The lowest BCUT2D eigenvalue weighted by molar-refractivity contribution is -0.139. The van der Waals surface area contributed by atoms with Crippen molar-refractivity contribution in [3.8, 4) is 11.3 Å². The number of nitrogens with zero attached hydrogens (tertiary/aromatic N) is 3. The van der Waals surface area contributed by atoms with Crippen molar-refractivity contribution in [2.45, 2.75) is 55.7 Å². The van der Waals surface area contributed by atoms with Crippen LogP contribution in [0, 0.1) is 5.92 Å². The molecule has 4 heterocycles. The average molecular weight is 473 g/mol. The molecule has 2 aromatic rings. The Kier molecular flexibility index (Phi) is 6.16. The Labute approximate surface area is 195 Å². The number of halogens is 1. The molecular formula is C23H25ClN4O5. The topological polar surface area (TPSA) is 115 Å². The molecule has 4 atom stereocenters. The summed E-state index contributed by atoms with van der Waals surface area (Å²) in [5.41, 5.74) is 0.694. The molecule has 33 heavy (non-hydrogen) atoms. The number of carbonyl (C=O) groups is 3. The number of furan rings is 1. The molecule has 0 aromatic carbocycles. The molecular weight excluding hydrogens is 448 g/mol. The number of rotatable bonds is 5. The van der Waals surface area contributed by atoms with Crippen molar-refractivity contribution in [1.29, 1.82) is 0 Å². The molecule has 1 saturated carbocycles. The Morgan fingerprint density at radius 3 is 2.73 bits per heavy atom. The first-order valence-corrected chi connectivity index (χ1v) is 11.7. The molecule has 3 fully saturated rings. The van der Waals surface area contributed by atoms with Gasteiger partial charge in [0.2, 0.25) is 5.91 Å². The van der Waals surface area contributed by atoms with Crippen LogP contribution in [-0.4, -0.2) is 69.4 Å². The van der Waals surface area contributed by atoms with Gasteiger partial charge in [-0.25, -0.2) is 0 Å². The van der Waals surface area contributed by atoms with E-state index in [0.717, 1.165) is 32.1 Å². The summed E-state index contributed by atoms with van der Waals surface area (Å²) in [5, 5.41) is 10.0. The van der Waals surface area contributed by atoms with E-state index in [1.54, 1.807) is 24.4 Å². The number of likely N-dealkylation sites (tertiary alicyclic amines) is 1. The van der Waals surface area contributed by atoms with Crippen molar-refractivity contribution >= 4 is 29.2 Å². The van der Waals surface area contributed by atoms with Gasteiger partial charge in [-0.1, -0.05) is 19.3 Å². The third-order valence-electron chi connectivity index (χ3n) is 6.78. The zero-order valence-corrected chi connectivity index (χ0v) is 18.7. The summed E-state index contributed by atoms with van der Waals surface area (Å²) in [6.07, 6.45) is 7.36. The predicted molar refractivity (Wildman–Crippen MR) is 117 cm³/mol. The Bertz CT molecular complexity index is 1040. The summed E-state index contributed by atoms with van der Waals surface area (Å²) in [7, 11) is 0. The van der Waals surface area contributed by atoms with E-state index in [1.807, 2.05) is 0 Å². The van der Waals surface area contributed by atoms with E-state index in [9.17, 15) is 14.4 Å². The third kappa shape index (κ3) is 4.27. The van der Waals surface area contributed by atoms with Gasteiger partial charge in [0.05, 0.1) is 17.8 Å². The van der Waals surface area contributed by atoms with Crippen LogP contribution in [0.4, 0.5) is 0 Å². The first-order chi connectivity index (χ1) is 16.0. The first-order valence-electron chi connectivity index (χ1n) is 11.3. The summed E-state index contributed by atoms with van der Waals surface area (Å²) in [6, 6.07) is 3.54. The molecule has 0 bridgehead atoms. The van der Waals surface area contributed by atoms with Gasteiger partial charge in [0.25, 0.3) is 5.91 Å². The third-order valence-corrected chi connectivity index (χ3v) is 7.16. The molecule has 9 nitrogen and oxygen atoms in total. The number of ketones is 1. The molecule has 0 spiro atoms. The Morgan fingerprint density at radius 1 is 1.15 bits per heavy atom. The molecule has 174 valence electrons. The number of Topliss-reactive ketones (excluding diaryl/α,β-unsaturated/α-hetero) is 1. The number of fused-ring (bicyclic) bond motifs is 1. The number of alkyl halides is 1. The van der Waals surface area contributed by atoms with Crippen LogP contribution in [0.1, 0.15) is 42.7 Å². The monoisotopic (exact) mass is 472 g/mol. The van der Waals surface area contributed by atoms with Crippen LogP contribution in [0.25, 0.3) is 11.3 Å². The Hall–Kier alpha value is -2.78. The van der Waals surface area contributed by atoms with Crippen LogP contribution >= 0.6 is 11.6 Å². The van der Waals surface area contributed by atoms with E-state index in [1.165, 1.54) is 11.1 Å². The highest BCUT2D eigenvalue weighted by atomic mass is 35.5. The second-order valence-electron chi connectivity index (χ2n) is 8.84. The summed E-state index contributed by atoms with van der Waals surface area (Å²) in [5.74, 6) is -0.329. The van der Waals surface area contributed by atoms with E-state index in [2.05, 4.69) is 15.5 Å². The second-order valence-corrected chi connectivity index (χ2v) is 9.40. The molecule has 0 unspecified atom stereocenters. The lowest BCUT2D eigenvalue weighted by atomic mass is 9.83. The summed E-state index contributed by atoms with van der Waals surface area (Å²) >= 11 is 6.39. The van der Waals surface area contributed by atoms with Gasteiger partial charge in [-0.2, -0.15) is 10.2 Å². The van der Waals surface area contributed by atoms with Gasteiger partial charge in [0.15, 0.2) is 11.5 Å². The lowest BCUT2D eigenvalue weighted by Crippen LogP contribution is -2.55. The van der Waals surface area contributed by atoms with Crippen molar-refractivity contribution in [1.82, 2.24) is 20.4 Å². The maximum Gasteiger partial charge on any atom is 0.287 e. The first kappa shape index (κ1) is 22.0. The fourth-order valence-corrected chi connectivity index (χ4v) is 5.47. The van der Waals surface area contributed by atoms with Gasteiger partial charge in [-0.3, -0.25) is 14.4 Å². The van der Waals surface area contributed by atoms with Crippen molar-refractivity contribution in [2.24, 2.45) is 5.92 Å². The number of hydrogen-bond donors (Lipinski definition) is 1. The maximum absolute atomic E-state index is 13.7. The predicted octanol–water partition coefficient (Wildman–Crippen LogP) is 2.20. The molecule has 3 aliphatic rings. The van der Waals surface area contributed by atoms with Gasteiger partial charge in [-0.15, -0.1) is 11.6 Å². The number of amides is 2. The van der Waals surface area contributed by atoms with E-state index in [-0.39, 0.29) is 36.5 Å². The van der Waals surface area contributed by atoms with Crippen LogP contribution in [0.5, 0.6) is 0 Å². The second kappa shape index (κ2) is 9.23. The lowest BCUT2D eigenvalue weighted by Gasteiger charge is -2.34. The normalized spacial score (nSPS) is 26.3. The molecule has 1 aliphatic carbocycles. The zero-order chi connectivity index (χ0) is 22.9. The molecule has 2 amide bonds. The minimum absolute atomic E-state index is 0.0146. The number of carbonyl (C=O) groups excluding carboxylic acids is 3.